The van der Waals surface area contributed by atoms with E-state index in [4.69, 9.17) is 0 Å². The molecule has 0 saturated carbocycles. The van der Waals surface area contributed by atoms with Crippen LogP contribution in [0.15, 0.2) is 71.7 Å². The lowest BCUT2D eigenvalue weighted by Crippen LogP contribution is -2.37. The van der Waals surface area contributed by atoms with E-state index >= 15 is 0 Å². The van der Waals surface area contributed by atoms with Gasteiger partial charge in [-0.2, -0.15) is 0 Å². The Labute approximate surface area is 199 Å². The molecule has 0 saturated heterocycles. The summed E-state index contributed by atoms with van der Waals surface area (Å²) >= 11 is 1.52. The molecule has 1 atom stereocenters. The summed E-state index contributed by atoms with van der Waals surface area (Å²) in [5, 5.41) is 7.72. The van der Waals surface area contributed by atoms with Gasteiger partial charge in [-0.05, 0) is 68.0 Å². The van der Waals surface area contributed by atoms with E-state index in [2.05, 4.69) is 46.7 Å². The number of amides is 2. The highest BCUT2D eigenvalue weighted by atomic mass is 32.1. The van der Waals surface area contributed by atoms with Crippen molar-refractivity contribution in [1.82, 2.24) is 10.6 Å². The van der Waals surface area contributed by atoms with Crippen molar-refractivity contribution in [2.24, 2.45) is 0 Å². The van der Waals surface area contributed by atoms with Gasteiger partial charge in [-0.1, -0.05) is 42.0 Å². The van der Waals surface area contributed by atoms with E-state index < -0.39 is 0 Å². The molecule has 5 nitrogen and oxygen atoms in total. The maximum absolute atomic E-state index is 12.9. The Morgan fingerprint density at radius 1 is 1.09 bits per heavy atom. The van der Waals surface area contributed by atoms with Gasteiger partial charge in [-0.3, -0.25) is 9.59 Å². The number of nitrogens with zero attached hydrogens (tertiary/aromatic N) is 1. The molecular weight excluding hydrogens is 430 g/mol. The quantitative estimate of drug-likeness (QED) is 0.376. The molecule has 0 fully saturated rings. The SMILES string of the molecule is Cc1ccc(C(=O)N/C(=C\c2cccs2)C(=O)NCCCN2c3ccccc3C[C@@H]2C)cc1. The van der Waals surface area contributed by atoms with Gasteiger partial charge in [0.1, 0.15) is 5.70 Å². The summed E-state index contributed by atoms with van der Waals surface area (Å²) < 4.78 is 0. The van der Waals surface area contributed by atoms with Crippen molar-refractivity contribution < 1.29 is 9.59 Å². The first-order valence-electron chi connectivity index (χ1n) is 11.3. The zero-order chi connectivity index (χ0) is 23.2. The summed E-state index contributed by atoms with van der Waals surface area (Å²) in [5.74, 6) is -0.575. The van der Waals surface area contributed by atoms with E-state index in [1.807, 2.05) is 36.6 Å². The van der Waals surface area contributed by atoms with Crippen LogP contribution in [-0.4, -0.2) is 30.9 Å². The summed E-state index contributed by atoms with van der Waals surface area (Å²) in [7, 11) is 0. The summed E-state index contributed by atoms with van der Waals surface area (Å²) in [4.78, 5) is 29.0. The Morgan fingerprint density at radius 3 is 2.64 bits per heavy atom. The average Bonchev–Trinajstić information content (AvgIpc) is 3.43. The first kappa shape index (κ1) is 22.8. The van der Waals surface area contributed by atoms with Crippen LogP contribution in [0.3, 0.4) is 0 Å². The standard InChI is InChI=1S/C27H29N3O2S/c1-19-10-12-21(13-11-19)26(31)29-24(18-23-8-5-16-33-23)27(32)28-14-6-15-30-20(2)17-22-7-3-4-9-25(22)30/h3-5,7-13,16,18,20H,6,14-15,17H2,1-2H3,(H,28,32)(H,29,31)/b24-18-/t20-/m0/s1. The van der Waals surface area contributed by atoms with E-state index in [9.17, 15) is 9.59 Å². The minimum atomic E-state index is -0.296. The molecule has 1 aliphatic heterocycles. The molecule has 0 spiro atoms. The number of benzene rings is 2. The minimum Gasteiger partial charge on any atom is -0.368 e. The molecule has 1 aliphatic rings. The zero-order valence-electron chi connectivity index (χ0n) is 19.0. The smallest absolute Gasteiger partial charge is 0.267 e. The Bertz CT molecular complexity index is 1140. The summed E-state index contributed by atoms with van der Waals surface area (Å²) in [6, 6.07) is 20.1. The van der Waals surface area contributed by atoms with E-state index in [-0.39, 0.29) is 17.5 Å². The molecule has 0 radical (unpaired) electrons. The maximum Gasteiger partial charge on any atom is 0.267 e. The number of hydrogen-bond donors (Lipinski definition) is 2. The summed E-state index contributed by atoms with van der Waals surface area (Å²) in [6.07, 6.45) is 3.61. The first-order chi connectivity index (χ1) is 16.0. The second-order valence-corrected chi connectivity index (χ2v) is 9.36. The lowest BCUT2D eigenvalue weighted by molar-refractivity contribution is -0.117. The number of nitrogens with one attached hydrogen (secondary N) is 2. The number of aryl methyl sites for hydroxylation is 1. The molecule has 1 aromatic heterocycles. The Kier molecular flexibility index (Phi) is 7.25. The van der Waals surface area contributed by atoms with Crippen molar-refractivity contribution >= 4 is 34.9 Å². The van der Waals surface area contributed by atoms with E-state index in [1.54, 1.807) is 18.2 Å². The van der Waals surface area contributed by atoms with Crippen LogP contribution in [0.1, 0.15) is 39.7 Å². The lowest BCUT2D eigenvalue weighted by atomic mass is 10.1. The fraction of sp³-hybridized carbons (Fsp3) is 0.259. The van der Waals surface area contributed by atoms with Crippen molar-refractivity contribution in [3.8, 4) is 0 Å². The summed E-state index contributed by atoms with van der Waals surface area (Å²) in [6.45, 7) is 5.62. The number of rotatable bonds is 8. The topological polar surface area (TPSA) is 61.4 Å². The van der Waals surface area contributed by atoms with Crippen LogP contribution >= 0.6 is 11.3 Å². The molecular formula is C27H29N3O2S. The van der Waals surface area contributed by atoms with Gasteiger partial charge in [0.25, 0.3) is 11.8 Å². The minimum absolute atomic E-state index is 0.253. The third-order valence-corrected chi connectivity index (χ3v) is 6.67. The molecule has 0 bridgehead atoms. The summed E-state index contributed by atoms with van der Waals surface area (Å²) in [5.41, 5.74) is 4.53. The third-order valence-electron chi connectivity index (χ3n) is 5.85. The molecule has 170 valence electrons. The van der Waals surface area contributed by atoms with Crippen LogP contribution in [0, 0.1) is 6.92 Å². The van der Waals surface area contributed by atoms with Crippen molar-refractivity contribution in [3.05, 3.63) is 93.3 Å². The molecule has 4 rings (SSSR count). The van der Waals surface area contributed by atoms with Crippen LogP contribution in [0.2, 0.25) is 0 Å². The molecule has 2 heterocycles. The normalized spacial score (nSPS) is 15.3. The maximum atomic E-state index is 12.9. The predicted molar refractivity (Wildman–Crippen MR) is 136 cm³/mol. The van der Waals surface area contributed by atoms with Crippen LogP contribution in [0.5, 0.6) is 0 Å². The second-order valence-electron chi connectivity index (χ2n) is 8.38. The number of hydrogen-bond acceptors (Lipinski definition) is 4. The van der Waals surface area contributed by atoms with Crippen molar-refractivity contribution in [2.75, 3.05) is 18.0 Å². The van der Waals surface area contributed by atoms with E-state index in [0.717, 1.165) is 29.8 Å². The molecule has 33 heavy (non-hydrogen) atoms. The van der Waals surface area contributed by atoms with Gasteiger partial charge < -0.3 is 15.5 Å². The molecule has 0 unspecified atom stereocenters. The largest absolute Gasteiger partial charge is 0.368 e. The van der Waals surface area contributed by atoms with Gasteiger partial charge in [-0.25, -0.2) is 0 Å². The number of carbonyl (C=O) groups is 2. The van der Waals surface area contributed by atoms with Crippen molar-refractivity contribution in [2.45, 2.75) is 32.7 Å². The van der Waals surface area contributed by atoms with Gasteiger partial charge in [0.2, 0.25) is 0 Å². The molecule has 3 aromatic rings. The Hall–Kier alpha value is -3.38. The number of fused-ring (bicyclic) bond motifs is 1. The fourth-order valence-electron chi connectivity index (χ4n) is 4.09. The number of anilines is 1. The van der Waals surface area contributed by atoms with Crippen LogP contribution in [-0.2, 0) is 11.2 Å². The highest BCUT2D eigenvalue weighted by Gasteiger charge is 2.24. The van der Waals surface area contributed by atoms with Crippen LogP contribution < -0.4 is 15.5 Å². The average molecular weight is 460 g/mol. The highest BCUT2D eigenvalue weighted by Crippen LogP contribution is 2.31. The number of para-hydroxylation sites is 1. The zero-order valence-corrected chi connectivity index (χ0v) is 19.8. The molecule has 2 aromatic carbocycles. The second kappa shape index (κ2) is 10.5. The highest BCUT2D eigenvalue weighted by molar-refractivity contribution is 7.10. The van der Waals surface area contributed by atoms with Crippen LogP contribution in [0.4, 0.5) is 5.69 Å². The van der Waals surface area contributed by atoms with Gasteiger partial charge in [0, 0.05) is 35.3 Å². The van der Waals surface area contributed by atoms with Crippen molar-refractivity contribution in [1.29, 1.82) is 0 Å². The lowest BCUT2D eigenvalue weighted by Gasteiger charge is -2.25. The monoisotopic (exact) mass is 459 g/mol. The van der Waals surface area contributed by atoms with Gasteiger partial charge >= 0.3 is 0 Å². The van der Waals surface area contributed by atoms with Gasteiger partial charge in [-0.15, -0.1) is 11.3 Å². The molecule has 2 amide bonds. The molecule has 0 aliphatic carbocycles. The third kappa shape index (κ3) is 5.71. The van der Waals surface area contributed by atoms with E-state index in [0.29, 0.717) is 18.2 Å². The van der Waals surface area contributed by atoms with Gasteiger partial charge in [0.15, 0.2) is 0 Å². The molecule has 6 heteroatoms. The van der Waals surface area contributed by atoms with Crippen molar-refractivity contribution in [3.63, 3.8) is 0 Å². The van der Waals surface area contributed by atoms with E-state index in [1.165, 1.54) is 22.6 Å². The predicted octanol–water partition coefficient (Wildman–Crippen LogP) is 4.78. The first-order valence-corrected chi connectivity index (χ1v) is 12.1. The number of carbonyl (C=O) groups excluding carboxylic acids is 2. The fourth-order valence-corrected chi connectivity index (χ4v) is 4.75. The van der Waals surface area contributed by atoms with Gasteiger partial charge in [0.05, 0.1) is 0 Å². The van der Waals surface area contributed by atoms with Crippen LogP contribution in [0.25, 0.3) is 6.08 Å². The molecule has 2 N–H and O–H groups in total. The Balaban J connectivity index is 1.36. The number of thiophene rings is 1. The Morgan fingerprint density at radius 2 is 1.88 bits per heavy atom.